The van der Waals surface area contributed by atoms with E-state index in [1.165, 1.54) is 17.0 Å². The van der Waals surface area contributed by atoms with E-state index < -0.39 is 23.0 Å². The van der Waals surface area contributed by atoms with Gasteiger partial charge in [0, 0.05) is 57.8 Å². The molecule has 0 radical (unpaired) electrons. The molecule has 2 aliphatic rings. The molecule has 192 valence electrons. The molecular weight excluding hydrogens is 445 g/mol. The number of hydrogen-bond acceptors (Lipinski definition) is 5. The van der Waals surface area contributed by atoms with Gasteiger partial charge in [-0.05, 0) is 44.7 Å². The maximum atomic E-state index is 13.4. The number of halogens is 3. The van der Waals surface area contributed by atoms with Crippen LogP contribution in [-0.4, -0.2) is 77.7 Å². The monoisotopic (exact) mass is 484 g/mol. The van der Waals surface area contributed by atoms with Crippen LogP contribution >= 0.6 is 0 Å². The second kappa shape index (κ2) is 10.5. The van der Waals surface area contributed by atoms with Crippen molar-refractivity contribution in [2.75, 3.05) is 50.8 Å². The van der Waals surface area contributed by atoms with Crippen LogP contribution in [0.4, 0.5) is 19.0 Å². The van der Waals surface area contributed by atoms with E-state index in [0.717, 1.165) is 38.8 Å². The maximum absolute atomic E-state index is 13.4. The highest BCUT2D eigenvalue weighted by molar-refractivity contribution is 5.92. The molecule has 1 amide bonds. The van der Waals surface area contributed by atoms with Gasteiger partial charge in [-0.15, -0.1) is 0 Å². The number of rotatable bonds is 7. The maximum Gasteiger partial charge on any atom is 0.433 e. The predicted molar refractivity (Wildman–Crippen MR) is 127 cm³/mol. The zero-order valence-corrected chi connectivity index (χ0v) is 21.1. The normalized spacial score (nSPS) is 24.4. The molecule has 3 heterocycles. The van der Waals surface area contributed by atoms with Crippen LogP contribution in [-0.2, 0) is 15.7 Å². The minimum atomic E-state index is -4.57. The highest BCUT2D eigenvalue weighted by Crippen LogP contribution is 2.39. The fourth-order valence-corrected chi connectivity index (χ4v) is 5.39. The fraction of sp³-hybridized carbons (Fsp3) is 0.760. The van der Waals surface area contributed by atoms with Crippen molar-refractivity contribution in [3.8, 4) is 0 Å². The summed E-state index contributed by atoms with van der Waals surface area (Å²) in [6.45, 7) is 15.7. The lowest BCUT2D eigenvalue weighted by Gasteiger charge is -2.54. The van der Waals surface area contributed by atoms with E-state index in [1.807, 2.05) is 13.8 Å². The first-order valence-electron chi connectivity index (χ1n) is 12.3. The molecule has 0 N–H and O–H groups in total. The average molecular weight is 485 g/mol. The summed E-state index contributed by atoms with van der Waals surface area (Å²) in [5.41, 5.74) is -1.77. The van der Waals surface area contributed by atoms with Crippen molar-refractivity contribution >= 4 is 11.7 Å². The van der Waals surface area contributed by atoms with E-state index in [9.17, 15) is 18.0 Å². The van der Waals surface area contributed by atoms with Gasteiger partial charge in [-0.3, -0.25) is 14.6 Å². The van der Waals surface area contributed by atoms with Gasteiger partial charge in [0.2, 0.25) is 5.91 Å². The molecule has 1 aromatic rings. The van der Waals surface area contributed by atoms with Crippen molar-refractivity contribution < 1.29 is 22.7 Å². The van der Waals surface area contributed by atoms with E-state index in [4.69, 9.17) is 4.74 Å². The molecule has 2 aliphatic heterocycles. The summed E-state index contributed by atoms with van der Waals surface area (Å²) >= 11 is 0. The van der Waals surface area contributed by atoms with Crippen LogP contribution in [0, 0.1) is 5.92 Å². The summed E-state index contributed by atoms with van der Waals surface area (Å²) in [4.78, 5) is 23.3. The molecule has 0 aromatic carbocycles. The average Bonchev–Trinajstić information content (AvgIpc) is 2.76. The van der Waals surface area contributed by atoms with Crippen LogP contribution in [0.5, 0.6) is 0 Å². The molecule has 1 unspecified atom stereocenters. The van der Waals surface area contributed by atoms with Gasteiger partial charge >= 0.3 is 6.18 Å². The second-order valence-corrected chi connectivity index (χ2v) is 10.7. The largest absolute Gasteiger partial charge is 0.433 e. The first-order valence-corrected chi connectivity index (χ1v) is 12.3. The number of pyridine rings is 1. The van der Waals surface area contributed by atoms with Gasteiger partial charge in [0.05, 0.1) is 5.60 Å². The van der Waals surface area contributed by atoms with E-state index in [-0.39, 0.29) is 18.1 Å². The van der Waals surface area contributed by atoms with Crippen LogP contribution in [0.15, 0.2) is 18.2 Å². The van der Waals surface area contributed by atoms with Crippen LogP contribution < -0.4 is 4.90 Å². The number of hydrogen-bond donors (Lipinski definition) is 0. The van der Waals surface area contributed by atoms with Gasteiger partial charge in [0.25, 0.3) is 0 Å². The number of piperazine rings is 1. The van der Waals surface area contributed by atoms with Gasteiger partial charge in [0.1, 0.15) is 11.5 Å². The number of carbonyl (C=O) groups excluding carboxylic acids is 1. The number of carbonyl (C=O) groups is 1. The van der Waals surface area contributed by atoms with Crippen molar-refractivity contribution in [3.63, 3.8) is 0 Å². The van der Waals surface area contributed by atoms with Crippen LogP contribution in [0.2, 0.25) is 0 Å². The van der Waals surface area contributed by atoms with Crippen molar-refractivity contribution in [2.24, 2.45) is 5.92 Å². The van der Waals surface area contributed by atoms with Crippen molar-refractivity contribution in [1.82, 2.24) is 14.8 Å². The summed E-state index contributed by atoms with van der Waals surface area (Å²) in [7, 11) is 0. The molecule has 0 aliphatic carbocycles. The zero-order valence-electron chi connectivity index (χ0n) is 21.1. The van der Waals surface area contributed by atoms with Crippen molar-refractivity contribution in [1.29, 1.82) is 0 Å². The topological polar surface area (TPSA) is 48.9 Å². The van der Waals surface area contributed by atoms with Crippen LogP contribution in [0.25, 0.3) is 0 Å². The number of ether oxygens (including phenoxy) is 1. The highest BCUT2D eigenvalue weighted by Gasteiger charge is 2.47. The third-order valence-corrected chi connectivity index (χ3v) is 6.84. The number of alkyl halides is 3. The highest BCUT2D eigenvalue weighted by atomic mass is 19.4. The van der Waals surface area contributed by atoms with E-state index in [0.29, 0.717) is 31.9 Å². The minimum absolute atomic E-state index is 0.0591. The predicted octanol–water partition coefficient (Wildman–Crippen LogP) is 4.44. The Morgan fingerprint density at radius 1 is 1.21 bits per heavy atom. The number of aromatic nitrogens is 1. The Balaban J connectivity index is 1.93. The first-order chi connectivity index (χ1) is 15.8. The molecule has 0 saturated carbocycles. The van der Waals surface area contributed by atoms with Gasteiger partial charge in [0.15, 0.2) is 0 Å². The molecular formula is C25H39F3N4O2. The minimum Gasteiger partial charge on any atom is -0.375 e. The standard InChI is InChI=1S/C25H39F3N4O2/c1-6-22(33)32(21-9-7-8-20(29-21)25(26,27)28)18-24(10-15-34-23(4,5)17-24)31-13-11-30(12-14-31)16-19(2)3/h7-9,19H,6,10-18H2,1-5H3. The summed E-state index contributed by atoms with van der Waals surface area (Å²) in [5.74, 6) is 0.421. The molecule has 0 bridgehead atoms. The number of anilines is 1. The zero-order chi connectivity index (χ0) is 25.1. The van der Waals surface area contributed by atoms with E-state index in [2.05, 4.69) is 28.6 Å². The molecule has 34 heavy (non-hydrogen) atoms. The number of nitrogens with zero attached hydrogens (tertiary/aromatic N) is 4. The molecule has 0 spiro atoms. The molecule has 9 heteroatoms. The van der Waals surface area contributed by atoms with Crippen molar-refractivity contribution in [3.05, 3.63) is 23.9 Å². The summed E-state index contributed by atoms with van der Waals surface area (Å²) in [5, 5.41) is 0. The van der Waals surface area contributed by atoms with Gasteiger partial charge in [-0.1, -0.05) is 26.8 Å². The molecule has 1 aromatic heterocycles. The lowest BCUT2D eigenvalue weighted by atomic mass is 9.78. The van der Waals surface area contributed by atoms with Crippen molar-refractivity contribution in [2.45, 2.75) is 71.2 Å². The number of amides is 1. The summed E-state index contributed by atoms with van der Waals surface area (Å²) < 4.78 is 46.1. The quantitative estimate of drug-likeness (QED) is 0.573. The van der Waals surface area contributed by atoms with Crippen LogP contribution in [0.1, 0.15) is 59.6 Å². The molecule has 6 nitrogen and oxygen atoms in total. The van der Waals surface area contributed by atoms with Gasteiger partial charge in [-0.25, -0.2) is 4.98 Å². The Morgan fingerprint density at radius 2 is 1.88 bits per heavy atom. The summed E-state index contributed by atoms with van der Waals surface area (Å²) in [6, 6.07) is 3.77. The Hall–Kier alpha value is -1.71. The van der Waals surface area contributed by atoms with Gasteiger partial charge < -0.3 is 9.64 Å². The summed E-state index contributed by atoms with van der Waals surface area (Å²) in [6.07, 6.45) is -2.97. The molecule has 3 rings (SSSR count). The molecule has 2 saturated heterocycles. The third kappa shape index (κ3) is 6.49. The lowest BCUT2D eigenvalue weighted by Crippen LogP contribution is -2.66. The Bertz CT molecular complexity index is 838. The Labute approximate surface area is 201 Å². The first kappa shape index (κ1) is 26.9. The van der Waals surface area contributed by atoms with Crippen LogP contribution in [0.3, 0.4) is 0 Å². The SMILES string of the molecule is CCC(=O)N(CC1(N2CCN(CC(C)C)CC2)CCOC(C)(C)C1)c1cccc(C(F)(F)F)n1. The molecule has 1 atom stereocenters. The molecule has 2 fully saturated rings. The third-order valence-electron chi connectivity index (χ3n) is 6.84. The van der Waals surface area contributed by atoms with Gasteiger partial charge in [-0.2, -0.15) is 13.2 Å². The lowest BCUT2D eigenvalue weighted by molar-refractivity contribution is -0.141. The second-order valence-electron chi connectivity index (χ2n) is 10.7. The smallest absolute Gasteiger partial charge is 0.375 e. The Morgan fingerprint density at radius 3 is 2.44 bits per heavy atom. The van der Waals surface area contributed by atoms with E-state index >= 15 is 0 Å². The Kier molecular flexibility index (Phi) is 8.30. The van der Waals surface area contributed by atoms with E-state index in [1.54, 1.807) is 6.92 Å². The fourth-order valence-electron chi connectivity index (χ4n) is 5.39.